The van der Waals surface area contributed by atoms with E-state index in [9.17, 15) is 4.79 Å². The van der Waals surface area contributed by atoms with Gasteiger partial charge in [-0.15, -0.1) is 11.3 Å². The van der Waals surface area contributed by atoms with Crippen molar-refractivity contribution >= 4 is 17.3 Å². The Labute approximate surface area is 116 Å². The van der Waals surface area contributed by atoms with Gasteiger partial charge < -0.3 is 5.11 Å². The Morgan fingerprint density at radius 3 is 2.74 bits per heavy atom. The van der Waals surface area contributed by atoms with Crippen LogP contribution in [-0.4, -0.2) is 16.1 Å². The Balaban J connectivity index is 2.12. The van der Waals surface area contributed by atoms with E-state index < -0.39 is 5.97 Å². The zero-order valence-electron chi connectivity index (χ0n) is 11.1. The van der Waals surface area contributed by atoms with Crippen molar-refractivity contribution < 1.29 is 9.90 Å². The SMILES string of the molecule is Cc1ccccc1Cc1nc(C)c(CCC(=O)O)s1. The average molecular weight is 275 g/mol. The summed E-state index contributed by atoms with van der Waals surface area (Å²) in [7, 11) is 0. The second kappa shape index (κ2) is 5.97. The second-order valence-corrected chi connectivity index (χ2v) is 5.78. The molecule has 0 aliphatic heterocycles. The Morgan fingerprint density at radius 1 is 1.32 bits per heavy atom. The highest BCUT2D eigenvalue weighted by atomic mass is 32.1. The summed E-state index contributed by atoms with van der Waals surface area (Å²) in [4.78, 5) is 16.3. The van der Waals surface area contributed by atoms with Gasteiger partial charge in [-0.2, -0.15) is 0 Å². The number of aromatic nitrogens is 1. The summed E-state index contributed by atoms with van der Waals surface area (Å²) in [5.41, 5.74) is 3.51. The van der Waals surface area contributed by atoms with Crippen LogP contribution in [0, 0.1) is 13.8 Å². The maximum Gasteiger partial charge on any atom is 0.303 e. The van der Waals surface area contributed by atoms with Crippen molar-refractivity contribution in [1.82, 2.24) is 4.98 Å². The van der Waals surface area contributed by atoms with Crippen molar-refractivity contribution in [3.63, 3.8) is 0 Å². The van der Waals surface area contributed by atoms with E-state index in [0.29, 0.717) is 6.42 Å². The summed E-state index contributed by atoms with van der Waals surface area (Å²) < 4.78 is 0. The minimum Gasteiger partial charge on any atom is -0.481 e. The van der Waals surface area contributed by atoms with Gasteiger partial charge in [-0.3, -0.25) is 4.79 Å². The van der Waals surface area contributed by atoms with Gasteiger partial charge in [0.25, 0.3) is 0 Å². The lowest BCUT2D eigenvalue weighted by Gasteiger charge is -2.01. The minimum absolute atomic E-state index is 0.173. The fourth-order valence-electron chi connectivity index (χ4n) is 1.99. The zero-order chi connectivity index (χ0) is 13.8. The Morgan fingerprint density at radius 2 is 2.05 bits per heavy atom. The monoisotopic (exact) mass is 275 g/mol. The first kappa shape index (κ1) is 13.7. The fraction of sp³-hybridized carbons (Fsp3) is 0.333. The average Bonchev–Trinajstić information content (AvgIpc) is 2.70. The lowest BCUT2D eigenvalue weighted by molar-refractivity contribution is -0.136. The summed E-state index contributed by atoms with van der Waals surface area (Å²) in [5, 5.41) is 9.79. The van der Waals surface area contributed by atoms with Crippen LogP contribution in [0.4, 0.5) is 0 Å². The van der Waals surface area contributed by atoms with Gasteiger partial charge in [0.2, 0.25) is 0 Å². The first-order valence-corrected chi connectivity index (χ1v) is 7.09. The largest absolute Gasteiger partial charge is 0.481 e. The van der Waals surface area contributed by atoms with E-state index in [-0.39, 0.29) is 6.42 Å². The van der Waals surface area contributed by atoms with Gasteiger partial charge in [0.1, 0.15) is 0 Å². The Hall–Kier alpha value is -1.68. The van der Waals surface area contributed by atoms with E-state index in [1.54, 1.807) is 11.3 Å². The topological polar surface area (TPSA) is 50.2 Å². The van der Waals surface area contributed by atoms with Crippen LogP contribution in [0.2, 0.25) is 0 Å². The molecule has 0 atom stereocenters. The van der Waals surface area contributed by atoms with Crippen LogP contribution >= 0.6 is 11.3 Å². The van der Waals surface area contributed by atoms with Crippen LogP contribution in [-0.2, 0) is 17.6 Å². The molecule has 19 heavy (non-hydrogen) atoms. The van der Waals surface area contributed by atoms with E-state index >= 15 is 0 Å². The summed E-state index contributed by atoms with van der Waals surface area (Å²) in [6.07, 6.45) is 1.57. The quantitative estimate of drug-likeness (QED) is 0.910. The molecular formula is C15H17NO2S. The molecule has 0 aliphatic rings. The third-order valence-corrected chi connectivity index (χ3v) is 4.32. The maximum atomic E-state index is 10.6. The summed E-state index contributed by atoms with van der Waals surface area (Å²) >= 11 is 1.63. The first-order valence-electron chi connectivity index (χ1n) is 6.27. The summed E-state index contributed by atoms with van der Waals surface area (Å²) in [5.74, 6) is -0.756. The normalized spacial score (nSPS) is 10.6. The third kappa shape index (κ3) is 3.64. The molecule has 0 aliphatic carbocycles. The third-order valence-electron chi connectivity index (χ3n) is 3.11. The van der Waals surface area contributed by atoms with E-state index in [4.69, 9.17) is 5.11 Å². The first-order chi connectivity index (χ1) is 9.06. The molecular weight excluding hydrogens is 258 g/mol. The molecule has 0 unspecified atom stereocenters. The molecule has 0 radical (unpaired) electrons. The van der Waals surface area contributed by atoms with E-state index in [2.05, 4.69) is 24.0 Å². The molecule has 1 heterocycles. The highest BCUT2D eigenvalue weighted by Crippen LogP contribution is 2.23. The highest BCUT2D eigenvalue weighted by Gasteiger charge is 2.10. The number of benzene rings is 1. The number of hydrogen-bond acceptors (Lipinski definition) is 3. The number of carboxylic acids is 1. The standard InChI is InChI=1S/C15H17NO2S/c1-10-5-3-4-6-12(10)9-14-16-11(2)13(19-14)7-8-15(17)18/h3-6H,7-9H2,1-2H3,(H,17,18). The van der Waals surface area contributed by atoms with Crippen LogP contribution in [0.5, 0.6) is 0 Å². The van der Waals surface area contributed by atoms with Crippen molar-refractivity contribution in [1.29, 1.82) is 0 Å². The van der Waals surface area contributed by atoms with Gasteiger partial charge in [-0.05, 0) is 31.4 Å². The van der Waals surface area contributed by atoms with Gasteiger partial charge in [-0.25, -0.2) is 4.98 Å². The molecule has 1 aromatic carbocycles. The van der Waals surface area contributed by atoms with Gasteiger partial charge >= 0.3 is 5.97 Å². The van der Waals surface area contributed by atoms with Crippen molar-refractivity contribution in [2.24, 2.45) is 0 Å². The molecule has 0 spiro atoms. The number of carbonyl (C=O) groups is 1. The van der Waals surface area contributed by atoms with Gasteiger partial charge in [-0.1, -0.05) is 24.3 Å². The highest BCUT2D eigenvalue weighted by molar-refractivity contribution is 7.11. The molecule has 0 saturated carbocycles. The number of hydrogen-bond donors (Lipinski definition) is 1. The predicted molar refractivity (Wildman–Crippen MR) is 76.8 cm³/mol. The number of rotatable bonds is 5. The number of aryl methyl sites for hydroxylation is 3. The molecule has 100 valence electrons. The molecule has 1 N–H and O–H groups in total. The molecule has 1 aromatic heterocycles. The minimum atomic E-state index is -0.756. The summed E-state index contributed by atoms with van der Waals surface area (Å²) in [6.45, 7) is 4.05. The van der Waals surface area contributed by atoms with Crippen molar-refractivity contribution in [3.05, 3.63) is 51.0 Å². The van der Waals surface area contributed by atoms with Crippen LogP contribution in [0.15, 0.2) is 24.3 Å². The Bertz CT molecular complexity index is 590. The molecule has 0 amide bonds. The van der Waals surface area contributed by atoms with E-state index in [1.165, 1.54) is 11.1 Å². The predicted octanol–water partition coefficient (Wildman–Crippen LogP) is 3.37. The van der Waals surface area contributed by atoms with Crippen molar-refractivity contribution in [2.75, 3.05) is 0 Å². The molecule has 2 aromatic rings. The number of aliphatic carboxylic acids is 1. The lowest BCUT2D eigenvalue weighted by Crippen LogP contribution is -1.96. The van der Waals surface area contributed by atoms with Crippen LogP contribution in [0.25, 0.3) is 0 Å². The molecule has 0 fully saturated rings. The maximum absolute atomic E-state index is 10.6. The number of nitrogens with zero attached hydrogens (tertiary/aromatic N) is 1. The Kier molecular flexibility index (Phi) is 4.32. The smallest absolute Gasteiger partial charge is 0.303 e. The van der Waals surface area contributed by atoms with Gasteiger partial charge in [0.05, 0.1) is 17.1 Å². The molecule has 2 rings (SSSR count). The van der Waals surface area contributed by atoms with E-state index in [0.717, 1.165) is 22.0 Å². The van der Waals surface area contributed by atoms with E-state index in [1.807, 2.05) is 19.1 Å². The van der Waals surface area contributed by atoms with Gasteiger partial charge in [0, 0.05) is 11.3 Å². The zero-order valence-corrected chi connectivity index (χ0v) is 12.0. The van der Waals surface area contributed by atoms with Gasteiger partial charge in [0.15, 0.2) is 0 Å². The van der Waals surface area contributed by atoms with Crippen LogP contribution in [0.3, 0.4) is 0 Å². The number of thiazole rings is 1. The van der Waals surface area contributed by atoms with Crippen molar-refractivity contribution in [2.45, 2.75) is 33.1 Å². The fourth-order valence-corrected chi connectivity index (χ4v) is 3.08. The van der Waals surface area contributed by atoms with Crippen LogP contribution < -0.4 is 0 Å². The molecule has 3 nitrogen and oxygen atoms in total. The molecule has 0 bridgehead atoms. The summed E-state index contributed by atoms with van der Waals surface area (Å²) in [6, 6.07) is 8.28. The second-order valence-electron chi connectivity index (χ2n) is 4.61. The van der Waals surface area contributed by atoms with Crippen LogP contribution in [0.1, 0.15) is 33.1 Å². The molecule has 4 heteroatoms. The lowest BCUT2D eigenvalue weighted by atomic mass is 10.1. The van der Waals surface area contributed by atoms with Crippen molar-refractivity contribution in [3.8, 4) is 0 Å². The number of carboxylic acid groups (broad SMARTS) is 1. The molecule has 0 saturated heterocycles.